The summed E-state index contributed by atoms with van der Waals surface area (Å²) in [4.78, 5) is 12.4. The second kappa shape index (κ2) is 8.76. The molecule has 0 saturated carbocycles. The first-order valence-corrected chi connectivity index (χ1v) is 8.68. The Hall–Kier alpha value is -3.47. The van der Waals surface area contributed by atoms with Crippen LogP contribution in [0.1, 0.15) is 6.92 Å². The highest BCUT2D eigenvalue weighted by Crippen LogP contribution is 2.23. The van der Waals surface area contributed by atoms with Gasteiger partial charge in [-0.05, 0) is 55.5 Å². The largest absolute Gasteiger partial charge is 0.497 e. The van der Waals surface area contributed by atoms with Crippen LogP contribution in [-0.4, -0.2) is 19.1 Å². The molecule has 0 saturated heterocycles. The first-order chi connectivity index (χ1) is 13.1. The van der Waals surface area contributed by atoms with Crippen LogP contribution >= 0.6 is 0 Å². The van der Waals surface area contributed by atoms with Gasteiger partial charge in [-0.3, -0.25) is 4.79 Å². The van der Waals surface area contributed by atoms with Crippen molar-refractivity contribution in [1.29, 1.82) is 0 Å². The first kappa shape index (κ1) is 18.3. The number of amides is 1. The van der Waals surface area contributed by atoms with Gasteiger partial charge in [0.05, 0.1) is 7.11 Å². The van der Waals surface area contributed by atoms with Crippen LogP contribution in [0.15, 0.2) is 78.9 Å². The van der Waals surface area contributed by atoms with Gasteiger partial charge >= 0.3 is 0 Å². The van der Waals surface area contributed by atoms with Gasteiger partial charge in [0.15, 0.2) is 0 Å². The third kappa shape index (κ3) is 5.25. The number of methoxy groups -OCH3 is 1. The van der Waals surface area contributed by atoms with Crippen molar-refractivity contribution in [2.75, 3.05) is 17.7 Å². The van der Waals surface area contributed by atoms with Gasteiger partial charge in [-0.25, -0.2) is 0 Å². The summed E-state index contributed by atoms with van der Waals surface area (Å²) in [6, 6.07) is 23.9. The molecule has 0 bridgehead atoms. The molecule has 0 aliphatic rings. The maximum Gasteiger partial charge on any atom is 0.246 e. The Bertz CT molecular complexity index is 880. The molecule has 0 radical (unpaired) electrons. The molecule has 0 aliphatic carbocycles. The number of carbonyl (C=O) groups excluding carboxylic acids is 1. The zero-order valence-corrected chi connectivity index (χ0v) is 15.3. The summed E-state index contributed by atoms with van der Waals surface area (Å²) < 4.78 is 10.9. The number of benzene rings is 3. The Morgan fingerprint density at radius 2 is 1.48 bits per heavy atom. The number of hydrogen-bond acceptors (Lipinski definition) is 4. The number of para-hydroxylation sites is 1. The number of carbonyl (C=O) groups is 1. The van der Waals surface area contributed by atoms with Crippen molar-refractivity contribution >= 4 is 17.3 Å². The van der Waals surface area contributed by atoms with Crippen molar-refractivity contribution in [3.8, 4) is 17.2 Å². The smallest absolute Gasteiger partial charge is 0.246 e. The molecule has 0 heterocycles. The predicted molar refractivity (Wildman–Crippen MR) is 108 cm³/mol. The summed E-state index contributed by atoms with van der Waals surface area (Å²) in [5.41, 5.74) is 1.53. The van der Waals surface area contributed by atoms with Gasteiger partial charge in [-0.1, -0.05) is 24.3 Å². The van der Waals surface area contributed by atoms with Gasteiger partial charge in [0.25, 0.3) is 0 Å². The maximum absolute atomic E-state index is 12.4. The normalized spacial score (nSPS) is 11.3. The highest BCUT2D eigenvalue weighted by atomic mass is 16.5. The minimum Gasteiger partial charge on any atom is -0.497 e. The molecule has 1 atom stereocenters. The average Bonchev–Trinajstić information content (AvgIpc) is 2.70. The van der Waals surface area contributed by atoms with E-state index in [1.54, 1.807) is 13.2 Å². The molecule has 138 valence electrons. The van der Waals surface area contributed by atoms with Gasteiger partial charge in [0, 0.05) is 17.4 Å². The van der Waals surface area contributed by atoms with Crippen molar-refractivity contribution in [2.45, 2.75) is 13.0 Å². The third-order valence-electron chi connectivity index (χ3n) is 3.95. The molecule has 3 aromatic rings. The average molecular weight is 362 g/mol. The fourth-order valence-corrected chi connectivity index (χ4v) is 2.51. The summed E-state index contributed by atoms with van der Waals surface area (Å²) in [7, 11) is 1.59. The Morgan fingerprint density at radius 1 is 0.815 bits per heavy atom. The van der Waals surface area contributed by atoms with E-state index in [0.717, 1.165) is 17.2 Å². The maximum atomic E-state index is 12.4. The molecular formula is C22H22N2O3. The van der Waals surface area contributed by atoms with Crippen molar-refractivity contribution in [3.05, 3.63) is 78.9 Å². The minimum absolute atomic E-state index is 0.132. The van der Waals surface area contributed by atoms with Crippen LogP contribution < -0.4 is 20.1 Å². The Labute approximate surface area is 158 Å². The van der Waals surface area contributed by atoms with Crippen LogP contribution in [-0.2, 0) is 4.79 Å². The van der Waals surface area contributed by atoms with Gasteiger partial charge in [-0.2, -0.15) is 0 Å². The monoisotopic (exact) mass is 362 g/mol. The van der Waals surface area contributed by atoms with E-state index in [1.807, 2.05) is 79.7 Å². The van der Waals surface area contributed by atoms with Crippen molar-refractivity contribution in [3.63, 3.8) is 0 Å². The Kier molecular flexibility index (Phi) is 5.94. The predicted octanol–water partition coefficient (Wildman–Crippen LogP) is 4.93. The van der Waals surface area contributed by atoms with Crippen LogP contribution in [0, 0.1) is 0 Å². The highest BCUT2D eigenvalue weighted by Gasteiger charge is 2.13. The SMILES string of the molecule is COc1cccc(NC(=O)[C@@H](C)Nc2ccc(Oc3ccccc3)cc2)c1. The molecule has 27 heavy (non-hydrogen) atoms. The quantitative estimate of drug-likeness (QED) is 0.626. The topological polar surface area (TPSA) is 59.6 Å². The van der Waals surface area contributed by atoms with E-state index in [2.05, 4.69) is 10.6 Å². The summed E-state index contributed by atoms with van der Waals surface area (Å²) in [6.45, 7) is 1.81. The van der Waals surface area contributed by atoms with Crippen LogP contribution in [0.5, 0.6) is 17.2 Å². The van der Waals surface area contributed by atoms with Gasteiger partial charge < -0.3 is 20.1 Å². The minimum atomic E-state index is -0.405. The number of nitrogens with one attached hydrogen (secondary N) is 2. The molecule has 3 aromatic carbocycles. The van der Waals surface area contributed by atoms with E-state index < -0.39 is 6.04 Å². The second-order valence-corrected chi connectivity index (χ2v) is 6.03. The highest BCUT2D eigenvalue weighted by molar-refractivity contribution is 5.96. The van der Waals surface area contributed by atoms with E-state index in [1.165, 1.54) is 0 Å². The summed E-state index contributed by atoms with van der Waals surface area (Å²) in [5.74, 6) is 2.08. The van der Waals surface area contributed by atoms with Gasteiger partial charge in [0.1, 0.15) is 23.3 Å². The Balaban J connectivity index is 1.56. The van der Waals surface area contributed by atoms with Gasteiger partial charge in [-0.15, -0.1) is 0 Å². The molecule has 0 aliphatic heterocycles. The van der Waals surface area contributed by atoms with Crippen LogP contribution in [0.25, 0.3) is 0 Å². The van der Waals surface area contributed by atoms with Crippen molar-refractivity contribution in [2.24, 2.45) is 0 Å². The third-order valence-corrected chi connectivity index (χ3v) is 3.95. The van der Waals surface area contributed by atoms with E-state index in [-0.39, 0.29) is 5.91 Å². The molecule has 0 aromatic heterocycles. The summed E-state index contributed by atoms with van der Waals surface area (Å²) in [5, 5.41) is 6.06. The number of anilines is 2. The molecule has 5 heteroatoms. The second-order valence-electron chi connectivity index (χ2n) is 6.03. The van der Waals surface area contributed by atoms with E-state index in [9.17, 15) is 4.79 Å². The lowest BCUT2D eigenvalue weighted by molar-refractivity contribution is -0.116. The molecule has 1 amide bonds. The zero-order valence-electron chi connectivity index (χ0n) is 15.3. The standard InChI is InChI=1S/C22H22N2O3/c1-16(22(25)24-18-7-6-10-21(15-18)26-2)23-17-11-13-20(14-12-17)27-19-8-4-3-5-9-19/h3-16,23H,1-2H3,(H,24,25)/t16-/m1/s1. The zero-order chi connectivity index (χ0) is 19.1. The molecule has 0 spiro atoms. The van der Waals surface area contributed by atoms with Crippen LogP contribution in [0.4, 0.5) is 11.4 Å². The lowest BCUT2D eigenvalue weighted by Crippen LogP contribution is -2.31. The fourth-order valence-electron chi connectivity index (χ4n) is 2.51. The Morgan fingerprint density at radius 3 is 2.19 bits per heavy atom. The lowest BCUT2D eigenvalue weighted by Gasteiger charge is -2.16. The van der Waals surface area contributed by atoms with Gasteiger partial charge in [0.2, 0.25) is 5.91 Å². The van der Waals surface area contributed by atoms with E-state index in [4.69, 9.17) is 9.47 Å². The number of hydrogen-bond donors (Lipinski definition) is 2. The van der Waals surface area contributed by atoms with E-state index >= 15 is 0 Å². The lowest BCUT2D eigenvalue weighted by atomic mass is 10.2. The summed E-state index contributed by atoms with van der Waals surface area (Å²) >= 11 is 0. The molecule has 3 rings (SSSR count). The van der Waals surface area contributed by atoms with Crippen LogP contribution in [0.3, 0.4) is 0 Å². The van der Waals surface area contributed by atoms with E-state index in [0.29, 0.717) is 11.4 Å². The van der Waals surface area contributed by atoms with Crippen molar-refractivity contribution in [1.82, 2.24) is 0 Å². The molecule has 2 N–H and O–H groups in total. The first-order valence-electron chi connectivity index (χ1n) is 8.68. The molecule has 5 nitrogen and oxygen atoms in total. The molecular weight excluding hydrogens is 340 g/mol. The fraction of sp³-hybridized carbons (Fsp3) is 0.136. The van der Waals surface area contributed by atoms with Crippen LogP contribution in [0.2, 0.25) is 0 Å². The number of rotatable bonds is 7. The molecule has 0 unspecified atom stereocenters. The summed E-state index contributed by atoms with van der Waals surface area (Å²) in [6.07, 6.45) is 0. The van der Waals surface area contributed by atoms with Crippen molar-refractivity contribution < 1.29 is 14.3 Å². The molecule has 0 fully saturated rings. The number of ether oxygens (including phenoxy) is 2.